The van der Waals surface area contributed by atoms with E-state index in [1.54, 1.807) is 17.0 Å². The molecule has 1 aromatic carbocycles. The molecule has 3 aliphatic rings. The highest BCUT2D eigenvalue weighted by molar-refractivity contribution is 6.08. The molecule has 7 nitrogen and oxygen atoms in total. The van der Waals surface area contributed by atoms with Crippen molar-refractivity contribution >= 4 is 11.5 Å². The number of benzene rings is 1. The Bertz CT molecular complexity index is 1270. The van der Waals surface area contributed by atoms with Gasteiger partial charge in [-0.2, -0.15) is 13.2 Å². The minimum Gasteiger partial charge on any atom is -0.493 e. The summed E-state index contributed by atoms with van der Waals surface area (Å²) in [7, 11) is 2.90. The lowest BCUT2D eigenvalue weighted by atomic mass is 9.80. The van der Waals surface area contributed by atoms with Crippen molar-refractivity contribution in [2.24, 2.45) is 0 Å². The Labute approximate surface area is 193 Å². The van der Waals surface area contributed by atoms with Gasteiger partial charge in [0.15, 0.2) is 17.3 Å². The first kappa shape index (κ1) is 23.3. The Morgan fingerprint density at radius 1 is 1.06 bits per heavy atom. The summed E-state index contributed by atoms with van der Waals surface area (Å²) in [6.45, 7) is 3.66. The van der Waals surface area contributed by atoms with Gasteiger partial charge in [0.1, 0.15) is 0 Å². The van der Waals surface area contributed by atoms with E-state index < -0.39 is 28.0 Å². The molecule has 0 N–H and O–H groups in total. The fourth-order valence-electron chi connectivity index (χ4n) is 4.49. The van der Waals surface area contributed by atoms with Crippen molar-refractivity contribution < 1.29 is 32.4 Å². The van der Waals surface area contributed by atoms with E-state index in [0.29, 0.717) is 23.5 Å². The molecule has 2 aliphatic heterocycles. The average molecular weight is 474 g/mol. The standard InChI is InChI=1S/C24H21F3N2O5/c1-23(2)12-13-7-21(33-3)22(34-4)11-16(13)18-8-14(24(25,26)27)9-19(28(18)23)17-10-15(29(31)32)5-6-20(17)30/h5-11H,12H2,1-4H3/b19-17+. The van der Waals surface area contributed by atoms with E-state index in [9.17, 15) is 28.1 Å². The highest BCUT2D eigenvalue weighted by Gasteiger charge is 2.44. The number of methoxy groups -OCH3 is 2. The number of hydrogen-bond acceptors (Lipinski definition) is 6. The first-order valence-electron chi connectivity index (χ1n) is 10.3. The van der Waals surface area contributed by atoms with Crippen LogP contribution >= 0.6 is 0 Å². The van der Waals surface area contributed by atoms with Crippen molar-refractivity contribution in [2.45, 2.75) is 32.0 Å². The van der Waals surface area contributed by atoms with Crippen LogP contribution in [0.4, 0.5) is 13.2 Å². The lowest BCUT2D eigenvalue weighted by Gasteiger charge is -2.49. The number of allylic oxidation sites excluding steroid dienone is 7. The zero-order valence-corrected chi connectivity index (χ0v) is 18.8. The van der Waals surface area contributed by atoms with E-state index in [0.717, 1.165) is 35.9 Å². The second kappa shape index (κ2) is 7.89. The topological polar surface area (TPSA) is 81.9 Å². The molecule has 0 saturated carbocycles. The van der Waals surface area contributed by atoms with Gasteiger partial charge in [-0.1, -0.05) is 0 Å². The maximum atomic E-state index is 14.0. The van der Waals surface area contributed by atoms with E-state index in [-0.39, 0.29) is 22.7 Å². The minimum absolute atomic E-state index is 0.0519. The molecule has 34 heavy (non-hydrogen) atoms. The summed E-state index contributed by atoms with van der Waals surface area (Å²) in [5.74, 6) is 0.165. The molecular formula is C24H21F3N2O5. The molecular weight excluding hydrogens is 453 g/mol. The third kappa shape index (κ3) is 3.78. The molecule has 0 fully saturated rings. The lowest BCUT2D eigenvalue weighted by molar-refractivity contribution is -0.419. The molecule has 1 aromatic rings. The van der Waals surface area contributed by atoms with Crippen LogP contribution in [0, 0.1) is 10.1 Å². The zero-order chi connectivity index (χ0) is 25.0. The predicted molar refractivity (Wildman–Crippen MR) is 118 cm³/mol. The molecule has 0 atom stereocenters. The molecule has 0 unspecified atom stereocenters. The van der Waals surface area contributed by atoms with Gasteiger partial charge in [-0.25, -0.2) is 0 Å². The van der Waals surface area contributed by atoms with Gasteiger partial charge in [0.25, 0.3) is 5.70 Å². The Morgan fingerprint density at radius 3 is 2.29 bits per heavy atom. The molecule has 0 aromatic heterocycles. The fourth-order valence-corrected chi connectivity index (χ4v) is 4.49. The number of nitro groups is 1. The summed E-state index contributed by atoms with van der Waals surface area (Å²) in [4.78, 5) is 25.0. The molecule has 1 aliphatic carbocycles. The number of nitrogens with zero attached hydrogens (tertiary/aromatic N) is 2. The van der Waals surface area contributed by atoms with Crippen molar-refractivity contribution in [1.82, 2.24) is 4.90 Å². The number of hydrogen-bond donors (Lipinski definition) is 0. The van der Waals surface area contributed by atoms with Gasteiger partial charge in [-0.15, -0.1) is 0 Å². The van der Waals surface area contributed by atoms with Gasteiger partial charge < -0.3 is 14.4 Å². The molecule has 4 rings (SSSR count). The maximum absolute atomic E-state index is 14.0. The number of ketones is 1. The zero-order valence-electron chi connectivity index (χ0n) is 18.8. The Hall–Kier alpha value is -3.82. The van der Waals surface area contributed by atoms with Gasteiger partial charge in [0.2, 0.25) is 0 Å². The van der Waals surface area contributed by atoms with Crippen LogP contribution in [0.3, 0.4) is 0 Å². The van der Waals surface area contributed by atoms with E-state index in [2.05, 4.69) is 0 Å². The third-order valence-electron chi connectivity index (χ3n) is 5.96. The predicted octanol–water partition coefficient (Wildman–Crippen LogP) is 4.74. The van der Waals surface area contributed by atoms with Crippen LogP contribution in [0.25, 0.3) is 5.70 Å². The number of halogens is 3. The Morgan fingerprint density at radius 2 is 1.71 bits per heavy atom. The summed E-state index contributed by atoms with van der Waals surface area (Å²) in [6.07, 6.45) is 0.639. The summed E-state index contributed by atoms with van der Waals surface area (Å²) in [6, 6.07) is 3.33. The Kier molecular flexibility index (Phi) is 5.42. The molecule has 0 spiro atoms. The number of carbonyl (C=O) groups excluding carboxylic acids is 1. The number of fused-ring (bicyclic) bond motifs is 3. The second-order valence-electron chi connectivity index (χ2n) is 8.64. The summed E-state index contributed by atoms with van der Waals surface area (Å²) >= 11 is 0. The normalized spacial score (nSPS) is 21.2. The minimum atomic E-state index is -4.72. The second-order valence-corrected chi connectivity index (χ2v) is 8.64. The van der Waals surface area contributed by atoms with Crippen molar-refractivity contribution in [3.05, 3.63) is 86.3 Å². The number of alkyl halides is 3. The van der Waals surface area contributed by atoms with Crippen molar-refractivity contribution in [3.8, 4) is 11.5 Å². The highest BCUT2D eigenvalue weighted by atomic mass is 19.4. The molecule has 0 saturated heterocycles. The van der Waals surface area contributed by atoms with Crippen LogP contribution in [-0.4, -0.2) is 41.5 Å². The van der Waals surface area contributed by atoms with Crippen LogP contribution in [0.2, 0.25) is 0 Å². The molecule has 0 radical (unpaired) electrons. The van der Waals surface area contributed by atoms with Crippen LogP contribution in [0.15, 0.2) is 65.1 Å². The number of rotatable bonds is 3. The molecule has 10 heteroatoms. The SMILES string of the molecule is COc1cc2c(cc1OC)C1=CC(C(F)(F)F)=C/C(=C3/C=C([N+](=O)[O-])C=CC3=O)N1C(C)(C)C2. The van der Waals surface area contributed by atoms with Gasteiger partial charge in [-0.3, -0.25) is 14.9 Å². The highest BCUT2D eigenvalue weighted by Crippen LogP contribution is 2.49. The van der Waals surface area contributed by atoms with Crippen LogP contribution in [0.5, 0.6) is 11.5 Å². The molecule has 2 heterocycles. The molecule has 178 valence electrons. The van der Waals surface area contributed by atoms with Gasteiger partial charge in [-0.05, 0) is 56.2 Å². The quantitative estimate of drug-likeness (QED) is 0.358. The number of ether oxygens (including phenoxy) is 2. The molecule has 0 amide bonds. The number of carbonyl (C=O) groups is 1. The maximum Gasteiger partial charge on any atom is 0.416 e. The van der Waals surface area contributed by atoms with Gasteiger partial charge in [0.05, 0.1) is 36.0 Å². The van der Waals surface area contributed by atoms with Crippen molar-refractivity contribution in [1.29, 1.82) is 0 Å². The van der Waals surface area contributed by atoms with Gasteiger partial charge in [0, 0.05) is 29.0 Å². The molecule has 0 bridgehead atoms. The van der Waals surface area contributed by atoms with Crippen LogP contribution in [-0.2, 0) is 11.2 Å². The smallest absolute Gasteiger partial charge is 0.416 e. The first-order chi connectivity index (χ1) is 15.9. The van der Waals surface area contributed by atoms with Gasteiger partial charge >= 0.3 is 6.18 Å². The average Bonchev–Trinajstić information content (AvgIpc) is 2.76. The van der Waals surface area contributed by atoms with Crippen molar-refractivity contribution in [2.75, 3.05) is 14.2 Å². The summed E-state index contributed by atoms with van der Waals surface area (Å²) in [5, 5.41) is 11.3. The summed E-state index contributed by atoms with van der Waals surface area (Å²) in [5.41, 5.74) is -0.930. The third-order valence-corrected chi connectivity index (χ3v) is 5.96. The largest absolute Gasteiger partial charge is 0.493 e. The Balaban J connectivity index is 2.05. The van der Waals surface area contributed by atoms with Crippen molar-refractivity contribution in [3.63, 3.8) is 0 Å². The fraction of sp³-hybridized carbons (Fsp3) is 0.292. The monoisotopic (exact) mass is 474 g/mol. The lowest BCUT2D eigenvalue weighted by Crippen LogP contribution is -2.48. The summed E-state index contributed by atoms with van der Waals surface area (Å²) < 4.78 is 52.6. The van der Waals surface area contributed by atoms with E-state index in [1.807, 2.05) is 13.8 Å². The van der Waals surface area contributed by atoms with E-state index in [4.69, 9.17) is 9.47 Å². The van der Waals surface area contributed by atoms with Crippen LogP contribution in [0.1, 0.15) is 25.0 Å². The van der Waals surface area contributed by atoms with E-state index >= 15 is 0 Å². The van der Waals surface area contributed by atoms with E-state index in [1.165, 1.54) is 14.2 Å². The van der Waals surface area contributed by atoms with Crippen LogP contribution < -0.4 is 9.47 Å². The first-order valence-corrected chi connectivity index (χ1v) is 10.3.